The van der Waals surface area contributed by atoms with Crippen molar-refractivity contribution >= 4 is 17.7 Å². The Bertz CT molecular complexity index is 322. The lowest BCUT2D eigenvalue weighted by Crippen LogP contribution is -2.34. The van der Waals surface area contributed by atoms with Crippen molar-refractivity contribution in [1.29, 1.82) is 0 Å². The summed E-state index contributed by atoms with van der Waals surface area (Å²) in [6.45, 7) is 2.12. The van der Waals surface area contributed by atoms with Gasteiger partial charge in [-0.2, -0.15) is 0 Å². The predicted octanol–water partition coefficient (Wildman–Crippen LogP) is 1.67. The zero-order valence-corrected chi connectivity index (χ0v) is 9.88. The second-order valence-electron chi connectivity index (χ2n) is 3.26. The quantitative estimate of drug-likeness (QED) is 0.366. The van der Waals surface area contributed by atoms with Crippen LogP contribution < -0.4 is 5.84 Å². The Kier molecular flexibility index (Phi) is 4.65. The zero-order valence-electron chi connectivity index (χ0n) is 9.06. The van der Waals surface area contributed by atoms with Gasteiger partial charge in [0.2, 0.25) is 5.91 Å². The number of likely N-dealkylation sites (N-methyl/N-ethyl adjacent to an activating group) is 1. The van der Waals surface area contributed by atoms with Gasteiger partial charge in [-0.05, 0) is 23.4 Å². The van der Waals surface area contributed by atoms with E-state index in [0.717, 1.165) is 16.3 Å². The van der Waals surface area contributed by atoms with Crippen molar-refractivity contribution in [2.75, 3.05) is 12.8 Å². The number of carbonyl (C=O) groups is 1. The van der Waals surface area contributed by atoms with E-state index in [1.54, 1.807) is 18.8 Å². The van der Waals surface area contributed by atoms with Gasteiger partial charge in [-0.3, -0.25) is 9.80 Å². The molecule has 1 aromatic carbocycles. The summed E-state index contributed by atoms with van der Waals surface area (Å²) in [5.41, 5.74) is 0.998. The molecule has 0 spiro atoms. The number of benzene rings is 1. The van der Waals surface area contributed by atoms with E-state index in [0.29, 0.717) is 6.42 Å². The first kappa shape index (κ1) is 12.1. The van der Waals surface area contributed by atoms with Gasteiger partial charge >= 0.3 is 0 Å². The van der Waals surface area contributed by atoms with Gasteiger partial charge in [0.05, 0.1) is 6.42 Å². The first-order valence-electron chi connectivity index (χ1n) is 4.86. The summed E-state index contributed by atoms with van der Waals surface area (Å²) < 4.78 is 0. The average Bonchev–Trinajstić information content (AvgIpc) is 2.21. The first-order valence-corrected chi connectivity index (χ1v) is 5.85. The number of hydrazine groups is 1. The monoisotopic (exact) mass is 224 g/mol. The van der Waals surface area contributed by atoms with Crippen LogP contribution in [0.2, 0.25) is 0 Å². The smallest absolute Gasteiger partial charge is 0.240 e. The number of nitrogens with zero attached hydrogens (tertiary/aromatic N) is 1. The van der Waals surface area contributed by atoms with E-state index >= 15 is 0 Å². The molecule has 0 atom stereocenters. The molecule has 1 aromatic rings. The molecule has 0 aliphatic heterocycles. The molecule has 0 aliphatic carbocycles. The minimum absolute atomic E-state index is 0.0779. The third-order valence-electron chi connectivity index (χ3n) is 1.98. The fraction of sp³-hybridized carbons (Fsp3) is 0.364. The van der Waals surface area contributed by atoms with Crippen LogP contribution in [0.3, 0.4) is 0 Å². The molecule has 0 aliphatic rings. The van der Waals surface area contributed by atoms with Gasteiger partial charge in [-0.15, -0.1) is 11.8 Å². The average molecular weight is 224 g/mol. The number of carbonyl (C=O) groups excluding carboxylic acids is 1. The first-order chi connectivity index (χ1) is 7.13. The van der Waals surface area contributed by atoms with Crippen molar-refractivity contribution in [1.82, 2.24) is 5.01 Å². The summed E-state index contributed by atoms with van der Waals surface area (Å²) in [5.74, 6) is 6.32. The van der Waals surface area contributed by atoms with E-state index < -0.39 is 0 Å². The molecule has 1 amide bonds. The standard InChI is InChI=1S/C11H16N2OS/c1-3-15-10-6-4-9(5-7-10)8-11(14)13(2)12/h4-7H,3,8,12H2,1-2H3. The summed E-state index contributed by atoms with van der Waals surface area (Å²) in [4.78, 5) is 12.5. The fourth-order valence-electron chi connectivity index (χ4n) is 1.17. The molecule has 0 heterocycles. The van der Waals surface area contributed by atoms with Gasteiger partial charge in [0.1, 0.15) is 0 Å². The number of amides is 1. The molecule has 0 radical (unpaired) electrons. The highest BCUT2D eigenvalue weighted by Gasteiger charge is 2.05. The van der Waals surface area contributed by atoms with Crippen LogP contribution in [0.4, 0.5) is 0 Å². The van der Waals surface area contributed by atoms with Crippen molar-refractivity contribution in [2.24, 2.45) is 5.84 Å². The van der Waals surface area contributed by atoms with Crippen LogP contribution in [-0.2, 0) is 11.2 Å². The molecule has 15 heavy (non-hydrogen) atoms. The van der Waals surface area contributed by atoms with Crippen LogP contribution in [0.25, 0.3) is 0 Å². The molecule has 0 aromatic heterocycles. The van der Waals surface area contributed by atoms with Crippen molar-refractivity contribution in [3.8, 4) is 0 Å². The fourth-order valence-corrected chi connectivity index (χ4v) is 1.83. The van der Waals surface area contributed by atoms with Gasteiger partial charge in [-0.1, -0.05) is 19.1 Å². The molecule has 0 saturated carbocycles. The molecule has 4 heteroatoms. The van der Waals surface area contributed by atoms with E-state index in [-0.39, 0.29) is 5.91 Å². The summed E-state index contributed by atoms with van der Waals surface area (Å²) in [7, 11) is 1.56. The Balaban J connectivity index is 2.60. The largest absolute Gasteiger partial charge is 0.284 e. The molecule has 1 rings (SSSR count). The molecule has 0 saturated heterocycles. The number of rotatable bonds is 4. The number of nitrogens with two attached hydrogens (primary N) is 1. The Labute approximate surface area is 94.6 Å². The molecular weight excluding hydrogens is 208 g/mol. The zero-order chi connectivity index (χ0) is 11.3. The van der Waals surface area contributed by atoms with Gasteiger partial charge in [0.25, 0.3) is 0 Å². The van der Waals surface area contributed by atoms with Gasteiger partial charge in [-0.25, -0.2) is 5.84 Å². The van der Waals surface area contributed by atoms with Gasteiger partial charge in [0, 0.05) is 11.9 Å². The summed E-state index contributed by atoms with van der Waals surface area (Å²) in [6.07, 6.45) is 0.365. The maximum absolute atomic E-state index is 11.3. The van der Waals surface area contributed by atoms with Crippen molar-refractivity contribution < 1.29 is 4.79 Å². The SMILES string of the molecule is CCSc1ccc(CC(=O)N(C)N)cc1. The molecule has 0 fully saturated rings. The van der Waals surface area contributed by atoms with Gasteiger partial charge in [0.15, 0.2) is 0 Å². The second-order valence-corrected chi connectivity index (χ2v) is 4.60. The molecule has 0 bridgehead atoms. The highest BCUT2D eigenvalue weighted by Crippen LogP contribution is 2.17. The molecule has 3 nitrogen and oxygen atoms in total. The second kappa shape index (κ2) is 5.78. The summed E-state index contributed by atoms with van der Waals surface area (Å²) in [5, 5.41) is 1.12. The highest BCUT2D eigenvalue weighted by molar-refractivity contribution is 7.99. The van der Waals surface area contributed by atoms with Crippen molar-refractivity contribution in [2.45, 2.75) is 18.2 Å². The predicted molar refractivity (Wildman–Crippen MR) is 63.5 cm³/mol. The van der Waals surface area contributed by atoms with E-state index in [2.05, 4.69) is 6.92 Å². The van der Waals surface area contributed by atoms with Crippen LogP contribution in [0.1, 0.15) is 12.5 Å². The van der Waals surface area contributed by atoms with Crippen LogP contribution in [-0.4, -0.2) is 23.7 Å². The minimum atomic E-state index is -0.0779. The van der Waals surface area contributed by atoms with E-state index in [1.807, 2.05) is 24.3 Å². The summed E-state index contributed by atoms with van der Waals surface area (Å²) in [6, 6.07) is 8.01. The van der Waals surface area contributed by atoms with Crippen LogP contribution >= 0.6 is 11.8 Å². The molecular formula is C11H16N2OS. The third kappa shape index (κ3) is 3.93. The van der Waals surface area contributed by atoms with Crippen molar-refractivity contribution in [3.05, 3.63) is 29.8 Å². The lowest BCUT2D eigenvalue weighted by atomic mass is 10.1. The van der Waals surface area contributed by atoms with E-state index in [4.69, 9.17) is 5.84 Å². The Morgan fingerprint density at radius 3 is 2.47 bits per heavy atom. The molecule has 2 N–H and O–H groups in total. The lowest BCUT2D eigenvalue weighted by molar-refractivity contribution is -0.129. The van der Waals surface area contributed by atoms with E-state index in [9.17, 15) is 4.79 Å². The van der Waals surface area contributed by atoms with E-state index in [1.165, 1.54) is 4.90 Å². The number of hydrogen-bond donors (Lipinski definition) is 1. The Morgan fingerprint density at radius 1 is 1.40 bits per heavy atom. The highest BCUT2D eigenvalue weighted by atomic mass is 32.2. The topological polar surface area (TPSA) is 46.3 Å². The van der Waals surface area contributed by atoms with Gasteiger partial charge < -0.3 is 0 Å². The maximum atomic E-state index is 11.3. The Morgan fingerprint density at radius 2 is 2.00 bits per heavy atom. The third-order valence-corrected chi connectivity index (χ3v) is 2.88. The molecule has 0 unspecified atom stereocenters. The normalized spacial score (nSPS) is 10.1. The lowest BCUT2D eigenvalue weighted by Gasteiger charge is -2.09. The van der Waals surface area contributed by atoms with Crippen LogP contribution in [0.5, 0.6) is 0 Å². The van der Waals surface area contributed by atoms with Crippen molar-refractivity contribution in [3.63, 3.8) is 0 Å². The minimum Gasteiger partial charge on any atom is -0.284 e. The molecule has 82 valence electrons. The van der Waals surface area contributed by atoms with Crippen LogP contribution in [0, 0.1) is 0 Å². The Hall–Kier alpha value is -1.00. The number of hydrogen-bond acceptors (Lipinski definition) is 3. The maximum Gasteiger partial charge on any atom is 0.240 e. The summed E-state index contributed by atoms with van der Waals surface area (Å²) >= 11 is 1.79. The number of thioether (sulfide) groups is 1. The van der Waals surface area contributed by atoms with Crippen LogP contribution in [0.15, 0.2) is 29.2 Å².